The number of esters is 1. The molecule has 2 aliphatic carbocycles. The summed E-state index contributed by atoms with van der Waals surface area (Å²) in [7, 11) is 0. The average Bonchev–Trinajstić information content (AvgIpc) is 2.93. The second kappa shape index (κ2) is 7.58. The lowest BCUT2D eigenvalue weighted by atomic mass is 9.51. The largest absolute Gasteiger partial charge is 0.429 e. The summed E-state index contributed by atoms with van der Waals surface area (Å²) in [6.45, 7) is 13.5. The third-order valence-corrected chi connectivity index (χ3v) is 7.81. The summed E-state index contributed by atoms with van der Waals surface area (Å²) in [5.41, 5.74) is 4.17. The van der Waals surface area contributed by atoms with Crippen molar-refractivity contribution >= 4 is 5.97 Å². The Balaban J connectivity index is 1.80. The highest BCUT2D eigenvalue weighted by atomic mass is 16.6. The van der Waals surface area contributed by atoms with Crippen LogP contribution >= 0.6 is 0 Å². The molecule has 150 valence electrons. The fraction of sp³-hybridized carbons (Fsp3) is 0.708. The van der Waals surface area contributed by atoms with Crippen LogP contribution in [0.3, 0.4) is 0 Å². The predicted octanol–water partition coefficient (Wildman–Crippen LogP) is 5.70. The van der Waals surface area contributed by atoms with Crippen LogP contribution in [0.5, 0.6) is 0 Å². The molecule has 0 aromatic rings. The molecule has 0 spiro atoms. The van der Waals surface area contributed by atoms with E-state index in [2.05, 4.69) is 40.3 Å². The average molecular weight is 373 g/mol. The van der Waals surface area contributed by atoms with E-state index in [0.717, 1.165) is 31.3 Å². The van der Waals surface area contributed by atoms with Crippen molar-refractivity contribution in [3.8, 4) is 0 Å². The van der Waals surface area contributed by atoms with Gasteiger partial charge < -0.3 is 9.84 Å². The van der Waals surface area contributed by atoms with Gasteiger partial charge in [0.15, 0.2) is 0 Å². The van der Waals surface area contributed by atoms with E-state index in [-0.39, 0.29) is 10.8 Å². The Bertz CT molecular complexity index is 673. The normalized spacial score (nSPS) is 38.7. The number of allylic oxidation sites excluding steroid dienone is 3. The number of fused-ring (bicyclic) bond motifs is 1. The molecule has 0 amide bonds. The van der Waals surface area contributed by atoms with E-state index >= 15 is 0 Å². The molecule has 3 nitrogen and oxygen atoms in total. The van der Waals surface area contributed by atoms with Crippen molar-refractivity contribution in [2.24, 2.45) is 22.7 Å². The van der Waals surface area contributed by atoms with Crippen molar-refractivity contribution < 1.29 is 14.6 Å². The molecule has 3 rings (SSSR count). The van der Waals surface area contributed by atoms with Crippen molar-refractivity contribution in [2.45, 2.75) is 85.4 Å². The van der Waals surface area contributed by atoms with Crippen LogP contribution in [0.1, 0.15) is 79.1 Å². The molecule has 3 aliphatic rings. The third kappa shape index (κ3) is 3.94. The van der Waals surface area contributed by atoms with Gasteiger partial charge in [-0.1, -0.05) is 44.4 Å². The number of carbonyl (C=O) groups is 1. The van der Waals surface area contributed by atoms with Crippen LogP contribution in [-0.2, 0) is 9.53 Å². The van der Waals surface area contributed by atoms with E-state index in [1.807, 2.05) is 0 Å². The molecule has 1 fully saturated rings. The molecule has 2 unspecified atom stereocenters. The van der Waals surface area contributed by atoms with Crippen LogP contribution in [0.25, 0.3) is 0 Å². The number of cyclic esters (lactones) is 1. The van der Waals surface area contributed by atoms with Crippen LogP contribution in [0.4, 0.5) is 0 Å². The first-order valence-electron chi connectivity index (χ1n) is 10.6. The molecule has 0 aromatic carbocycles. The number of aliphatic hydroxyl groups is 1. The van der Waals surface area contributed by atoms with Gasteiger partial charge in [-0.05, 0) is 74.5 Å². The first-order valence-corrected chi connectivity index (χ1v) is 10.6. The van der Waals surface area contributed by atoms with Crippen LogP contribution in [0.15, 0.2) is 35.5 Å². The molecule has 0 saturated heterocycles. The Morgan fingerprint density at radius 1 is 1.37 bits per heavy atom. The van der Waals surface area contributed by atoms with Crippen molar-refractivity contribution in [3.63, 3.8) is 0 Å². The number of ether oxygens (including phenoxy) is 1. The summed E-state index contributed by atoms with van der Waals surface area (Å²) in [6, 6.07) is 0. The molecule has 1 aliphatic heterocycles. The molecule has 27 heavy (non-hydrogen) atoms. The van der Waals surface area contributed by atoms with E-state index in [1.54, 1.807) is 5.57 Å². The van der Waals surface area contributed by atoms with Gasteiger partial charge in [0.25, 0.3) is 0 Å². The Morgan fingerprint density at radius 2 is 2.11 bits per heavy atom. The van der Waals surface area contributed by atoms with Gasteiger partial charge in [-0.15, -0.1) is 6.58 Å². The van der Waals surface area contributed by atoms with Gasteiger partial charge in [-0.25, -0.2) is 4.79 Å². The zero-order valence-corrected chi connectivity index (χ0v) is 17.5. The van der Waals surface area contributed by atoms with Crippen molar-refractivity contribution in [3.05, 3.63) is 35.5 Å². The zero-order valence-electron chi connectivity index (χ0n) is 17.5. The summed E-state index contributed by atoms with van der Waals surface area (Å²) in [4.78, 5) is 11.4. The molecular weight excluding hydrogens is 336 g/mol. The van der Waals surface area contributed by atoms with E-state index in [0.29, 0.717) is 11.8 Å². The molecule has 3 heteroatoms. The minimum Gasteiger partial charge on any atom is -0.429 e. The van der Waals surface area contributed by atoms with Crippen LogP contribution in [0, 0.1) is 22.7 Å². The number of rotatable bonds is 6. The van der Waals surface area contributed by atoms with Gasteiger partial charge in [-0.3, -0.25) is 0 Å². The predicted molar refractivity (Wildman–Crippen MR) is 109 cm³/mol. The highest BCUT2D eigenvalue weighted by molar-refractivity contribution is 5.85. The molecule has 0 aromatic heterocycles. The van der Waals surface area contributed by atoms with E-state index in [1.165, 1.54) is 37.3 Å². The first kappa shape index (κ1) is 20.4. The van der Waals surface area contributed by atoms with Gasteiger partial charge >= 0.3 is 5.97 Å². The van der Waals surface area contributed by atoms with Gasteiger partial charge in [-0.2, -0.15) is 0 Å². The zero-order chi connectivity index (χ0) is 19.8. The standard InChI is InChI=1S/C24H36O3/c1-16(2)10-13-23(4)12-6-7-20-19(23)9-8-17(3)24(20,5)14-11-18-15-21(25)27-22(18)26/h9,15,17,20,22,26H,1,6-8,10-14H2,2-5H3/t17?,20?,22-,23+,24-/m0/s1. The summed E-state index contributed by atoms with van der Waals surface area (Å²) in [5.74, 6) is 0.788. The van der Waals surface area contributed by atoms with Gasteiger partial charge in [0.1, 0.15) is 0 Å². The smallest absolute Gasteiger partial charge is 0.333 e. The van der Waals surface area contributed by atoms with Crippen molar-refractivity contribution in [1.82, 2.24) is 0 Å². The Kier molecular flexibility index (Phi) is 5.72. The van der Waals surface area contributed by atoms with Crippen LogP contribution in [-0.4, -0.2) is 17.4 Å². The number of carbonyl (C=O) groups excluding carboxylic acids is 1. The maximum Gasteiger partial charge on any atom is 0.333 e. The number of aliphatic hydroxyl groups excluding tert-OH is 1. The van der Waals surface area contributed by atoms with Crippen molar-refractivity contribution in [1.29, 1.82) is 0 Å². The maximum absolute atomic E-state index is 11.4. The Hall–Kier alpha value is -1.35. The lowest BCUT2D eigenvalue weighted by Gasteiger charge is -2.54. The van der Waals surface area contributed by atoms with E-state index < -0.39 is 12.3 Å². The summed E-state index contributed by atoms with van der Waals surface area (Å²) in [5, 5.41) is 9.95. The lowest BCUT2D eigenvalue weighted by Crippen LogP contribution is -2.44. The second-order valence-corrected chi connectivity index (χ2v) is 9.77. The number of hydrogen-bond donors (Lipinski definition) is 1. The molecule has 0 bridgehead atoms. The van der Waals surface area contributed by atoms with Crippen LogP contribution in [0.2, 0.25) is 0 Å². The first-order chi connectivity index (χ1) is 12.7. The summed E-state index contributed by atoms with van der Waals surface area (Å²) < 4.78 is 4.87. The fourth-order valence-corrected chi connectivity index (χ4v) is 5.64. The van der Waals surface area contributed by atoms with Crippen LogP contribution < -0.4 is 0 Å². The molecule has 0 radical (unpaired) electrons. The Morgan fingerprint density at radius 3 is 2.74 bits per heavy atom. The SMILES string of the molecule is C=C(C)CC[C@@]1(C)CCCC2C1=CCC(C)[C@]2(C)CCC1=CC(=O)O[C@@H]1O. The van der Waals surface area contributed by atoms with Gasteiger partial charge in [0, 0.05) is 11.6 Å². The third-order valence-electron chi connectivity index (χ3n) is 7.81. The topological polar surface area (TPSA) is 46.5 Å². The highest BCUT2D eigenvalue weighted by Crippen LogP contribution is 2.59. The van der Waals surface area contributed by atoms with E-state index in [9.17, 15) is 9.90 Å². The molecule has 1 saturated carbocycles. The maximum atomic E-state index is 11.4. The van der Waals surface area contributed by atoms with Crippen molar-refractivity contribution in [2.75, 3.05) is 0 Å². The highest BCUT2D eigenvalue weighted by Gasteiger charge is 2.49. The van der Waals surface area contributed by atoms with E-state index in [4.69, 9.17) is 4.74 Å². The lowest BCUT2D eigenvalue weighted by molar-refractivity contribution is -0.151. The molecule has 1 heterocycles. The molecule has 5 atom stereocenters. The summed E-state index contributed by atoms with van der Waals surface area (Å²) >= 11 is 0. The minimum absolute atomic E-state index is 0.196. The van der Waals surface area contributed by atoms with Gasteiger partial charge in [0.2, 0.25) is 6.29 Å². The quantitative estimate of drug-likeness (QED) is 0.480. The fourth-order valence-electron chi connectivity index (χ4n) is 5.64. The second-order valence-electron chi connectivity index (χ2n) is 9.77. The molecular formula is C24H36O3. The monoisotopic (exact) mass is 372 g/mol. The molecule has 1 N–H and O–H groups in total. The van der Waals surface area contributed by atoms with Gasteiger partial charge in [0.05, 0.1) is 0 Å². The minimum atomic E-state index is -1.04. The summed E-state index contributed by atoms with van der Waals surface area (Å²) in [6.07, 6.45) is 12.0. The Labute approximate surface area is 164 Å². The number of hydrogen-bond acceptors (Lipinski definition) is 3.